The number of esters is 1. The molecule has 7 nitrogen and oxygen atoms in total. The van der Waals surface area contributed by atoms with Gasteiger partial charge in [-0.05, 0) is 32.9 Å². The van der Waals surface area contributed by atoms with Crippen LogP contribution >= 0.6 is 0 Å². The molecule has 1 aromatic rings. The molecule has 0 saturated heterocycles. The molecule has 0 bridgehead atoms. The molecule has 23 heavy (non-hydrogen) atoms. The monoisotopic (exact) mass is 322 g/mol. The van der Waals surface area contributed by atoms with Crippen LogP contribution in [0.4, 0.5) is 4.79 Å². The van der Waals surface area contributed by atoms with Crippen LogP contribution in [0.1, 0.15) is 27.2 Å². The second kappa shape index (κ2) is 8.77. The predicted octanol–water partition coefficient (Wildman–Crippen LogP) is 1.62. The van der Waals surface area contributed by atoms with Crippen molar-refractivity contribution in [3.8, 4) is 5.75 Å². The Labute approximate surface area is 135 Å². The summed E-state index contributed by atoms with van der Waals surface area (Å²) in [7, 11) is 0. The lowest BCUT2D eigenvalue weighted by atomic mass is 10.1. The van der Waals surface area contributed by atoms with Crippen molar-refractivity contribution >= 4 is 17.9 Å². The third kappa shape index (κ3) is 9.13. The molecular weight excluding hydrogens is 300 g/mol. The SMILES string of the molecule is CC(C)(C)NC(=O)NC(=O)COC(=O)CCOc1ccccc1. The van der Waals surface area contributed by atoms with Gasteiger partial charge in [-0.15, -0.1) is 0 Å². The number of ether oxygens (including phenoxy) is 2. The molecule has 0 spiro atoms. The molecule has 0 aromatic heterocycles. The van der Waals surface area contributed by atoms with Crippen molar-refractivity contribution in [2.24, 2.45) is 0 Å². The number of amides is 3. The molecule has 0 heterocycles. The lowest BCUT2D eigenvalue weighted by molar-refractivity contribution is -0.148. The van der Waals surface area contributed by atoms with Gasteiger partial charge in [-0.25, -0.2) is 4.79 Å². The first-order valence-electron chi connectivity index (χ1n) is 7.22. The Morgan fingerprint density at radius 2 is 1.74 bits per heavy atom. The van der Waals surface area contributed by atoms with E-state index in [1.54, 1.807) is 32.9 Å². The summed E-state index contributed by atoms with van der Waals surface area (Å²) in [5.74, 6) is -0.617. The molecule has 1 rings (SSSR count). The van der Waals surface area contributed by atoms with E-state index in [0.717, 1.165) is 0 Å². The Morgan fingerprint density at radius 1 is 1.09 bits per heavy atom. The maximum atomic E-state index is 11.5. The van der Waals surface area contributed by atoms with Gasteiger partial charge in [0.25, 0.3) is 5.91 Å². The van der Waals surface area contributed by atoms with E-state index in [1.807, 2.05) is 18.2 Å². The Kier molecular flexibility index (Phi) is 7.05. The Hall–Kier alpha value is -2.57. The van der Waals surface area contributed by atoms with Crippen LogP contribution in [0.3, 0.4) is 0 Å². The van der Waals surface area contributed by atoms with Gasteiger partial charge < -0.3 is 14.8 Å². The minimum absolute atomic E-state index is 0.0103. The van der Waals surface area contributed by atoms with Crippen molar-refractivity contribution in [3.63, 3.8) is 0 Å². The highest BCUT2D eigenvalue weighted by Crippen LogP contribution is 2.08. The molecule has 0 fully saturated rings. The molecule has 0 radical (unpaired) electrons. The summed E-state index contributed by atoms with van der Waals surface area (Å²) in [4.78, 5) is 34.4. The number of benzene rings is 1. The van der Waals surface area contributed by atoms with Gasteiger partial charge in [-0.3, -0.25) is 14.9 Å². The standard InChI is InChI=1S/C16H22N2O5/c1-16(2,3)18-15(21)17-13(19)11-23-14(20)9-10-22-12-7-5-4-6-8-12/h4-8H,9-11H2,1-3H3,(H2,17,18,19,21). The average molecular weight is 322 g/mol. The van der Waals surface area contributed by atoms with Crippen LogP contribution in [0, 0.1) is 0 Å². The van der Waals surface area contributed by atoms with Gasteiger partial charge in [0.2, 0.25) is 0 Å². The fourth-order valence-electron chi connectivity index (χ4n) is 1.52. The van der Waals surface area contributed by atoms with Gasteiger partial charge in [0.1, 0.15) is 5.75 Å². The Bertz CT molecular complexity index is 537. The summed E-state index contributed by atoms with van der Waals surface area (Å²) < 4.78 is 10.1. The van der Waals surface area contributed by atoms with Gasteiger partial charge in [-0.2, -0.15) is 0 Å². The number of nitrogens with one attached hydrogen (secondary N) is 2. The fraction of sp³-hybridized carbons (Fsp3) is 0.438. The first-order valence-corrected chi connectivity index (χ1v) is 7.22. The quantitative estimate of drug-likeness (QED) is 0.776. The van der Waals surface area contributed by atoms with E-state index in [0.29, 0.717) is 5.75 Å². The van der Waals surface area contributed by atoms with E-state index >= 15 is 0 Å². The van der Waals surface area contributed by atoms with Crippen molar-refractivity contribution in [3.05, 3.63) is 30.3 Å². The maximum absolute atomic E-state index is 11.5. The molecule has 1 aromatic carbocycles. The molecule has 0 aliphatic heterocycles. The van der Waals surface area contributed by atoms with E-state index < -0.39 is 30.1 Å². The highest BCUT2D eigenvalue weighted by Gasteiger charge is 2.16. The molecular formula is C16H22N2O5. The van der Waals surface area contributed by atoms with Crippen LogP contribution in [-0.4, -0.2) is 36.7 Å². The van der Waals surface area contributed by atoms with Crippen LogP contribution in [0.15, 0.2) is 30.3 Å². The third-order valence-electron chi connectivity index (χ3n) is 2.42. The van der Waals surface area contributed by atoms with Crippen molar-refractivity contribution in [1.29, 1.82) is 0 Å². The van der Waals surface area contributed by atoms with E-state index in [2.05, 4.69) is 10.6 Å². The number of imide groups is 1. The summed E-state index contributed by atoms with van der Waals surface area (Å²) in [6.07, 6.45) is 0.0103. The van der Waals surface area contributed by atoms with E-state index in [1.165, 1.54) is 0 Å². The van der Waals surface area contributed by atoms with Crippen molar-refractivity contribution in [1.82, 2.24) is 10.6 Å². The van der Waals surface area contributed by atoms with Crippen LogP contribution in [0.2, 0.25) is 0 Å². The largest absolute Gasteiger partial charge is 0.493 e. The first kappa shape index (κ1) is 18.5. The zero-order valence-electron chi connectivity index (χ0n) is 13.5. The zero-order chi connectivity index (χ0) is 17.3. The molecule has 0 aliphatic rings. The molecule has 3 amide bonds. The van der Waals surface area contributed by atoms with Crippen molar-refractivity contribution in [2.45, 2.75) is 32.7 Å². The highest BCUT2D eigenvalue weighted by atomic mass is 16.5. The number of urea groups is 1. The van der Waals surface area contributed by atoms with Crippen LogP contribution in [0.25, 0.3) is 0 Å². The lowest BCUT2D eigenvalue weighted by Gasteiger charge is -2.20. The van der Waals surface area contributed by atoms with Gasteiger partial charge in [-0.1, -0.05) is 18.2 Å². The van der Waals surface area contributed by atoms with Gasteiger partial charge in [0, 0.05) is 5.54 Å². The van der Waals surface area contributed by atoms with Gasteiger partial charge >= 0.3 is 12.0 Å². The summed E-state index contributed by atoms with van der Waals surface area (Å²) in [6, 6.07) is 8.40. The average Bonchev–Trinajstić information content (AvgIpc) is 2.44. The van der Waals surface area contributed by atoms with E-state index in [4.69, 9.17) is 9.47 Å². The molecule has 2 N–H and O–H groups in total. The van der Waals surface area contributed by atoms with E-state index in [-0.39, 0.29) is 13.0 Å². The second-order valence-electron chi connectivity index (χ2n) is 5.82. The molecule has 0 unspecified atom stereocenters. The zero-order valence-corrected chi connectivity index (χ0v) is 13.5. The molecule has 0 atom stereocenters. The van der Waals surface area contributed by atoms with Crippen LogP contribution < -0.4 is 15.4 Å². The summed E-state index contributed by atoms with van der Waals surface area (Å²) >= 11 is 0. The number of carbonyl (C=O) groups excluding carboxylic acids is 3. The Morgan fingerprint density at radius 3 is 2.35 bits per heavy atom. The van der Waals surface area contributed by atoms with E-state index in [9.17, 15) is 14.4 Å². The summed E-state index contributed by atoms with van der Waals surface area (Å²) in [5.41, 5.74) is -0.462. The summed E-state index contributed by atoms with van der Waals surface area (Å²) in [6.45, 7) is 4.98. The third-order valence-corrected chi connectivity index (χ3v) is 2.42. The Balaban J connectivity index is 2.17. The first-order chi connectivity index (χ1) is 10.8. The predicted molar refractivity (Wildman–Crippen MR) is 83.9 cm³/mol. The molecule has 126 valence electrons. The normalized spacial score (nSPS) is 10.6. The minimum Gasteiger partial charge on any atom is -0.493 e. The minimum atomic E-state index is -0.691. The number of rotatable bonds is 6. The topological polar surface area (TPSA) is 93.7 Å². The summed E-state index contributed by atoms with van der Waals surface area (Å²) in [5, 5.41) is 4.64. The van der Waals surface area contributed by atoms with Crippen LogP contribution in [0.5, 0.6) is 5.75 Å². The molecule has 0 saturated carbocycles. The number of carbonyl (C=O) groups is 3. The fourth-order valence-corrected chi connectivity index (χ4v) is 1.52. The number of hydrogen-bond donors (Lipinski definition) is 2. The maximum Gasteiger partial charge on any atom is 0.321 e. The molecule has 0 aliphatic carbocycles. The van der Waals surface area contributed by atoms with Crippen molar-refractivity contribution in [2.75, 3.05) is 13.2 Å². The molecule has 7 heteroatoms. The highest BCUT2D eigenvalue weighted by molar-refractivity contribution is 5.95. The lowest BCUT2D eigenvalue weighted by Crippen LogP contribution is -2.49. The second-order valence-corrected chi connectivity index (χ2v) is 5.82. The number of para-hydroxylation sites is 1. The van der Waals surface area contributed by atoms with Crippen molar-refractivity contribution < 1.29 is 23.9 Å². The van der Waals surface area contributed by atoms with Crippen LogP contribution in [-0.2, 0) is 14.3 Å². The van der Waals surface area contributed by atoms with Gasteiger partial charge in [0.15, 0.2) is 6.61 Å². The smallest absolute Gasteiger partial charge is 0.321 e. The number of hydrogen-bond acceptors (Lipinski definition) is 5. The van der Waals surface area contributed by atoms with Gasteiger partial charge in [0.05, 0.1) is 13.0 Å².